The second-order valence-electron chi connectivity index (χ2n) is 4.72. The topological polar surface area (TPSA) is 36.3 Å². The largest absolute Gasteiger partial charge is 0.497 e. The highest BCUT2D eigenvalue weighted by Gasteiger charge is 2.10. The molecule has 0 aliphatic carbocycles. The second kappa shape index (κ2) is 5.78. The molecule has 0 spiro atoms. The first-order chi connectivity index (χ1) is 9.11. The van der Waals surface area contributed by atoms with Gasteiger partial charge in [-0.25, -0.2) is 4.98 Å². The first kappa shape index (κ1) is 13.5. The Labute approximate surface area is 114 Å². The van der Waals surface area contributed by atoms with Gasteiger partial charge in [0.15, 0.2) is 0 Å². The Morgan fingerprint density at radius 3 is 2.37 bits per heavy atom. The lowest BCUT2D eigenvalue weighted by Gasteiger charge is -2.14. The SMILES string of the molecule is COc1ccc(OCc2cnc(C)n2C(C)C)cc1. The first-order valence-corrected chi connectivity index (χ1v) is 6.41. The van der Waals surface area contributed by atoms with Crippen molar-refractivity contribution in [2.45, 2.75) is 33.4 Å². The van der Waals surface area contributed by atoms with Gasteiger partial charge in [-0.15, -0.1) is 0 Å². The van der Waals surface area contributed by atoms with Crippen molar-refractivity contribution in [3.8, 4) is 11.5 Å². The maximum atomic E-state index is 5.78. The van der Waals surface area contributed by atoms with Gasteiger partial charge in [-0.2, -0.15) is 0 Å². The number of aromatic nitrogens is 2. The fourth-order valence-electron chi connectivity index (χ4n) is 2.14. The van der Waals surface area contributed by atoms with Gasteiger partial charge >= 0.3 is 0 Å². The maximum absolute atomic E-state index is 5.78. The molecule has 1 heterocycles. The molecule has 0 N–H and O–H groups in total. The van der Waals surface area contributed by atoms with Gasteiger partial charge in [-0.05, 0) is 45.0 Å². The summed E-state index contributed by atoms with van der Waals surface area (Å²) in [6, 6.07) is 7.97. The van der Waals surface area contributed by atoms with Crippen LogP contribution in [0, 0.1) is 6.92 Å². The lowest BCUT2D eigenvalue weighted by Crippen LogP contribution is -2.09. The summed E-state index contributed by atoms with van der Waals surface area (Å²) in [5.41, 5.74) is 1.09. The van der Waals surface area contributed by atoms with Crippen molar-refractivity contribution in [2.75, 3.05) is 7.11 Å². The molecule has 19 heavy (non-hydrogen) atoms. The van der Waals surface area contributed by atoms with E-state index in [0.29, 0.717) is 12.6 Å². The van der Waals surface area contributed by atoms with Crippen LogP contribution in [-0.2, 0) is 6.61 Å². The molecule has 1 aromatic carbocycles. The Hall–Kier alpha value is -1.97. The van der Waals surface area contributed by atoms with E-state index in [0.717, 1.165) is 23.0 Å². The van der Waals surface area contributed by atoms with E-state index >= 15 is 0 Å². The summed E-state index contributed by atoms with van der Waals surface area (Å²) in [5.74, 6) is 2.67. The van der Waals surface area contributed by atoms with Gasteiger partial charge in [-0.3, -0.25) is 0 Å². The molecule has 0 bridgehead atoms. The molecule has 0 fully saturated rings. The van der Waals surface area contributed by atoms with Crippen molar-refractivity contribution in [1.29, 1.82) is 0 Å². The zero-order chi connectivity index (χ0) is 13.8. The van der Waals surface area contributed by atoms with Gasteiger partial charge in [-0.1, -0.05) is 0 Å². The minimum atomic E-state index is 0.386. The summed E-state index contributed by atoms with van der Waals surface area (Å²) in [4.78, 5) is 4.34. The zero-order valence-electron chi connectivity index (χ0n) is 11.9. The number of benzene rings is 1. The second-order valence-corrected chi connectivity index (χ2v) is 4.72. The van der Waals surface area contributed by atoms with Gasteiger partial charge in [0.05, 0.1) is 19.0 Å². The molecule has 2 rings (SSSR count). The molecular formula is C15H20N2O2. The average molecular weight is 260 g/mol. The molecule has 102 valence electrons. The standard InChI is InChI=1S/C15H20N2O2/c1-11(2)17-12(3)16-9-13(17)10-19-15-7-5-14(18-4)6-8-15/h5-9,11H,10H2,1-4H3. The average Bonchev–Trinajstić information content (AvgIpc) is 2.78. The van der Waals surface area contributed by atoms with Crippen LogP contribution in [0.4, 0.5) is 0 Å². The predicted octanol–water partition coefficient (Wildman–Crippen LogP) is 3.36. The molecule has 0 atom stereocenters. The molecule has 4 nitrogen and oxygen atoms in total. The molecule has 0 radical (unpaired) electrons. The van der Waals surface area contributed by atoms with E-state index in [9.17, 15) is 0 Å². The van der Waals surface area contributed by atoms with E-state index in [1.165, 1.54) is 0 Å². The summed E-state index contributed by atoms with van der Waals surface area (Å²) in [6.45, 7) is 6.82. The fourth-order valence-corrected chi connectivity index (χ4v) is 2.14. The van der Waals surface area contributed by atoms with Crippen molar-refractivity contribution in [3.05, 3.63) is 42.0 Å². The van der Waals surface area contributed by atoms with Gasteiger partial charge < -0.3 is 14.0 Å². The predicted molar refractivity (Wildman–Crippen MR) is 74.7 cm³/mol. The number of nitrogens with zero attached hydrogens (tertiary/aromatic N) is 2. The third kappa shape index (κ3) is 3.08. The number of rotatable bonds is 5. The Kier molecular flexibility index (Phi) is 4.10. The molecule has 0 aliphatic rings. The molecule has 2 aromatic rings. The summed E-state index contributed by atoms with van der Waals surface area (Å²) in [7, 11) is 1.65. The molecule has 0 aliphatic heterocycles. The molecule has 0 saturated carbocycles. The van der Waals surface area contributed by atoms with Crippen LogP contribution in [0.1, 0.15) is 31.4 Å². The van der Waals surface area contributed by atoms with Crippen molar-refractivity contribution >= 4 is 0 Å². The summed E-state index contributed by atoms with van der Waals surface area (Å²) >= 11 is 0. The minimum absolute atomic E-state index is 0.386. The number of ether oxygens (including phenoxy) is 2. The van der Waals surface area contributed by atoms with E-state index in [4.69, 9.17) is 9.47 Å². The third-order valence-electron chi connectivity index (χ3n) is 3.02. The van der Waals surface area contributed by atoms with Crippen LogP contribution in [0.15, 0.2) is 30.5 Å². The van der Waals surface area contributed by atoms with E-state index in [2.05, 4.69) is 23.4 Å². The van der Waals surface area contributed by atoms with Gasteiger partial charge in [0.25, 0.3) is 0 Å². The lowest BCUT2D eigenvalue weighted by molar-refractivity contribution is 0.291. The van der Waals surface area contributed by atoms with Crippen LogP contribution >= 0.6 is 0 Å². The highest BCUT2D eigenvalue weighted by molar-refractivity contribution is 5.31. The Morgan fingerprint density at radius 2 is 1.79 bits per heavy atom. The van der Waals surface area contributed by atoms with Crippen molar-refractivity contribution in [2.24, 2.45) is 0 Å². The normalized spacial score (nSPS) is 10.8. The monoisotopic (exact) mass is 260 g/mol. The summed E-state index contributed by atoms with van der Waals surface area (Å²) in [5, 5.41) is 0. The highest BCUT2D eigenvalue weighted by Crippen LogP contribution is 2.19. The Balaban J connectivity index is 2.05. The molecule has 0 saturated heterocycles. The van der Waals surface area contributed by atoms with Gasteiger partial charge in [0.2, 0.25) is 0 Å². The highest BCUT2D eigenvalue weighted by atomic mass is 16.5. The number of hydrogen-bond donors (Lipinski definition) is 0. The fraction of sp³-hybridized carbons (Fsp3) is 0.400. The molecule has 4 heteroatoms. The van der Waals surface area contributed by atoms with Crippen LogP contribution in [0.2, 0.25) is 0 Å². The minimum Gasteiger partial charge on any atom is -0.497 e. The van der Waals surface area contributed by atoms with Crippen LogP contribution in [-0.4, -0.2) is 16.7 Å². The van der Waals surface area contributed by atoms with Crippen LogP contribution in [0.5, 0.6) is 11.5 Å². The molecule has 1 aromatic heterocycles. The van der Waals surface area contributed by atoms with E-state index in [1.54, 1.807) is 7.11 Å². The van der Waals surface area contributed by atoms with Gasteiger partial charge in [0.1, 0.15) is 23.9 Å². The van der Waals surface area contributed by atoms with E-state index in [-0.39, 0.29) is 0 Å². The van der Waals surface area contributed by atoms with E-state index in [1.807, 2.05) is 37.4 Å². The van der Waals surface area contributed by atoms with Gasteiger partial charge in [0, 0.05) is 6.04 Å². The van der Waals surface area contributed by atoms with Crippen LogP contribution in [0.3, 0.4) is 0 Å². The number of imidazole rings is 1. The van der Waals surface area contributed by atoms with Crippen molar-refractivity contribution in [1.82, 2.24) is 9.55 Å². The zero-order valence-corrected chi connectivity index (χ0v) is 11.9. The van der Waals surface area contributed by atoms with Crippen LogP contribution < -0.4 is 9.47 Å². The third-order valence-corrected chi connectivity index (χ3v) is 3.02. The Morgan fingerprint density at radius 1 is 1.16 bits per heavy atom. The number of aryl methyl sites for hydroxylation is 1. The summed E-state index contributed by atoms with van der Waals surface area (Å²) < 4.78 is 13.1. The Bertz CT molecular complexity index is 530. The smallest absolute Gasteiger partial charge is 0.130 e. The summed E-state index contributed by atoms with van der Waals surface area (Å²) in [6.07, 6.45) is 1.87. The number of methoxy groups -OCH3 is 1. The lowest BCUT2D eigenvalue weighted by atomic mass is 10.3. The molecular weight excluding hydrogens is 240 g/mol. The van der Waals surface area contributed by atoms with Crippen molar-refractivity contribution < 1.29 is 9.47 Å². The van der Waals surface area contributed by atoms with E-state index < -0.39 is 0 Å². The first-order valence-electron chi connectivity index (χ1n) is 6.41. The quantitative estimate of drug-likeness (QED) is 0.827. The number of hydrogen-bond acceptors (Lipinski definition) is 3. The van der Waals surface area contributed by atoms with Crippen molar-refractivity contribution in [3.63, 3.8) is 0 Å². The molecule has 0 unspecified atom stereocenters. The van der Waals surface area contributed by atoms with Crippen LogP contribution in [0.25, 0.3) is 0 Å². The maximum Gasteiger partial charge on any atom is 0.130 e. The molecule has 0 amide bonds.